The molecule has 0 radical (unpaired) electrons. The largest absolute Gasteiger partial charge is 0.360 e. The molecular weight excluding hydrogens is 240 g/mol. The average molecular weight is 256 g/mol. The minimum Gasteiger partial charge on any atom is -0.360 e. The van der Waals surface area contributed by atoms with Crippen molar-refractivity contribution in [3.8, 4) is 0 Å². The first-order valence-electron chi connectivity index (χ1n) is 5.40. The van der Waals surface area contributed by atoms with Crippen LogP contribution in [0.4, 0.5) is 0 Å². The van der Waals surface area contributed by atoms with E-state index < -0.39 is 0 Å². The van der Waals surface area contributed by atoms with E-state index in [0.717, 1.165) is 11.5 Å². The molecular formula is C10H16N4S2. The van der Waals surface area contributed by atoms with Crippen LogP contribution in [0.15, 0.2) is 11.8 Å². The van der Waals surface area contributed by atoms with E-state index in [1.807, 2.05) is 6.20 Å². The van der Waals surface area contributed by atoms with Crippen molar-refractivity contribution in [3.05, 3.63) is 11.8 Å². The molecule has 2 aliphatic heterocycles. The van der Waals surface area contributed by atoms with Gasteiger partial charge in [-0.1, -0.05) is 0 Å². The van der Waals surface area contributed by atoms with Crippen molar-refractivity contribution >= 4 is 34.7 Å². The Labute approximate surface area is 106 Å². The summed E-state index contributed by atoms with van der Waals surface area (Å²) in [7, 11) is 0. The number of rotatable bonds is 1. The Balaban J connectivity index is 2.12. The molecule has 0 spiro atoms. The zero-order valence-electron chi connectivity index (χ0n) is 9.33. The maximum Gasteiger partial charge on any atom is 0.170 e. The molecule has 4 nitrogen and oxygen atoms in total. The highest BCUT2D eigenvalue weighted by molar-refractivity contribution is 7.80. The summed E-state index contributed by atoms with van der Waals surface area (Å²) < 4.78 is 0. The maximum atomic E-state index is 5.17. The second-order valence-electron chi connectivity index (χ2n) is 4.29. The number of nitrogens with one attached hydrogen (secondary N) is 4. The summed E-state index contributed by atoms with van der Waals surface area (Å²) >= 11 is 10.2. The van der Waals surface area contributed by atoms with Crippen LogP contribution in [0.2, 0.25) is 0 Å². The lowest BCUT2D eigenvalue weighted by atomic mass is 9.93. The van der Waals surface area contributed by atoms with Crippen LogP contribution in [-0.2, 0) is 0 Å². The van der Waals surface area contributed by atoms with Gasteiger partial charge in [0, 0.05) is 12.2 Å². The molecule has 0 aromatic carbocycles. The van der Waals surface area contributed by atoms with Gasteiger partial charge in [0.1, 0.15) is 0 Å². The predicted octanol–water partition coefficient (Wildman–Crippen LogP) is 0.361. The molecule has 2 aliphatic rings. The monoisotopic (exact) mass is 256 g/mol. The van der Waals surface area contributed by atoms with Crippen molar-refractivity contribution in [2.45, 2.75) is 38.4 Å². The lowest BCUT2D eigenvalue weighted by Crippen LogP contribution is -2.57. The molecule has 0 saturated carbocycles. The summed E-state index contributed by atoms with van der Waals surface area (Å²) in [6.45, 7) is 4.25. The van der Waals surface area contributed by atoms with Crippen molar-refractivity contribution in [3.63, 3.8) is 0 Å². The summed E-state index contributed by atoms with van der Waals surface area (Å²) in [6.07, 6.45) is 3.01. The Morgan fingerprint density at radius 1 is 1.12 bits per heavy atom. The van der Waals surface area contributed by atoms with E-state index in [1.54, 1.807) is 0 Å². The summed E-state index contributed by atoms with van der Waals surface area (Å²) in [5, 5.41) is 14.1. The highest BCUT2D eigenvalue weighted by Gasteiger charge is 2.28. The van der Waals surface area contributed by atoms with E-state index in [0.29, 0.717) is 11.2 Å². The second-order valence-corrected chi connectivity index (χ2v) is 5.11. The van der Waals surface area contributed by atoms with Crippen LogP contribution in [-0.4, -0.2) is 28.4 Å². The van der Waals surface area contributed by atoms with Gasteiger partial charge in [0.25, 0.3) is 0 Å². The molecule has 0 aromatic heterocycles. The third-order valence-corrected chi connectivity index (χ3v) is 3.36. The van der Waals surface area contributed by atoms with Gasteiger partial charge in [0.05, 0.1) is 12.1 Å². The first-order chi connectivity index (χ1) is 7.56. The van der Waals surface area contributed by atoms with Crippen LogP contribution in [0.5, 0.6) is 0 Å². The smallest absolute Gasteiger partial charge is 0.170 e. The molecule has 0 aromatic rings. The van der Waals surface area contributed by atoms with E-state index in [9.17, 15) is 0 Å². The topological polar surface area (TPSA) is 48.1 Å². The van der Waals surface area contributed by atoms with Gasteiger partial charge in [0.15, 0.2) is 10.2 Å². The predicted molar refractivity (Wildman–Crippen MR) is 73.2 cm³/mol. The van der Waals surface area contributed by atoms with E-state index in [-0.39, 0.29) is 12.1 Å². The normalized spacial score (nSPS) is 34.1. The summed E-state index contributed by atoms with van der Waals surface area (Å²) in [6, 6.07) is 0.932. The van der Waals surface area contributed by atoms with Crippen molar-refractivity contribution in [1.82, 2.24) is 21.3 Å². The van der Waals surface area contributed by atoms with Crippen LogP contribution in [0.3, 0.4) is 0 Å². The average Bonchev–Trinajstić information content (AvgIpc) is 2.15. The molecule has 16 heavy (non-hydrogen) atoms. The number of thiocarbonyl (C=S) groups is 2. The Kier molecular flexibility index (Phi) is 3.30. The van der Waals surface area contributed by atoms with Crippen LogP contribution < -0.4 is 21.3 Å². The molecule has 88 valence electrons. The molecule has 1 saturated heterocycles. The SMILES string of the molecule is C[C@@H]1C[C@@H](C2=CNC(=S)N[C@@H]2C)NC(=S)N1. The molecule has 0 aliphatic carbocycles. The van der Waals surface area contributed by atoms with Crippen LogP contribution in [0.25, 0.3) is 0 Å². The van der Waals surface area contributed by atoms with E-state index in [1.165, 1.54) is 5.57 Å². The first kappa shape index (κ1) is 11.6. The molecule has 2 heterocycles. The third kappa shape index (κ3) is 2.44. The summed E-state index contributed by atoms with van der Waals surface area (Å²) in [4.78, 5) is 0. The molecule has 4 N–H and O–H groups in total. The van der Waals surface area contributed by atoms with Crippen LogP contribution >= 0.6 is 24.4 Å². The Bertz CT molecular complexity index is 353. The zero-order valence-corrected chi connectivity index (χ0v) is 11.0. The third-order valence-electron chi connectivity index (χ3n) is 2.89. The number of hydrogen-bond acceptors (Lipinski definition) is 2. The van der Waals surface area contributed by atoms with E-state index in [2.05, 4.69) is 35.1 Å². The van der Waals surface area contributed by atoms with Crippen LogP contribution in [0.1, 0.15) is 20.3 Å². The minimum atomic E-state index is 0.249. The molecule has 2 rings (SSSR count). The molecule has 3 atom stereocenters. The van der Waals surface area contributed by atoms with Gasteiger partial charge in [-0.25, -0.2) is 0 Å². The Hall–Kier alpha value is -0.880. The fourth-order valence-electron chi connectivity index (χ4n) is 2.11. The van der Waals surface area contributed by atoms with Gasteiger partial charge in [-0.2, -0.15) is 0 Å². The molecule has 1 fully saturated rings. The highest BCUT2D eigenvalue weighted by atomic mass is 32.1. The Morgan fingerprint density at radius 3 is 2.50 bits per heavy atom. The van der Waals surface area contributed by atoms with Crippen molar-refractivity contribution in [2.75, 3.05) is 0 Å². The maximum absolute atomic E-state index is 5.17. The van der Waals surface area contributed by atoms with Gasteiger partial charge in [-0.3, -0.25) is 0 Å². The number of hydrogen-bond donors (Lipinski definition) is 4. The van der Waals surface area contributed by atoms with Gasteiger partial charge in [0.2, 0.25) is 0 Å². The van der Waals surface area contributed by atoms with Crippen LogP contribution in [0, 0.1) is 0 Å². The van der Waals surface area contributed by atoms with Crippen molar-refractivity contribution in [1.29, 1.82) is 0 Å². The first-order valence-corrected chi connectivity index (χ1v) is 6.22. The van der Waals surface area contributed by atoms with Gasteiger partial charge >= 0.3 is 0 Å². The summed E-state index contributed by atoms with van der Waals surface area (Å²) in [5.41, 5.74) is 1.27. The lowest BCUT2D eigenvalue weighted by molar-refractivity contribution is 0.458. The Morgan fingerprint density at radius 2 is 1.88 bits per heavy atom. The zero-order chi connectivity index (χ0) is 11.7. The van der Waals surface area contributed by atoms with E-state index >= 15 is 0 Å². The molecule has 6 heteroatoms. The van der Waals surface area contributed by atoms with E-state index in [4.69, 9.17) is 24.4 Å². The minimum absolute atomic E-state index is 0.249. The van der Waals surface area contributed by atoms with Gasteiger partial charge < -0.3 is 21.3 Å². The fraction of sp³-hybridized carbons (Fsp3) is 0.600. The fourth-order valence-corrected chi connectivity index (χ4v) is 2.69. The van der Waals surface area contributed by atoms with Gasteiger partial charge in [-0.15, -0.1) is 0 Å². The molecule has 0 bridgehead atoms. The standard InChI is InChI=1S/C10H16N4S2/c1-5-3-8(14-10(16)12-5)7-4-11-9(15)13-6(7)2/h4-6,8H,3H2,1-2H3,(H2,11,13,15)(H2,12,14,16)/t5-,6-,8+/m1/s1. The quantitative estimate of drug-likeness (QED) is 0.508. The van der Waals surface area contributed by atoms with Crippen molar-refractivity contribution < 1.29 is 0 Å². The highest BCUT2D eigenvalue weighted by Crippen LogP contribution is 2.17. The van der Waals surface area contributed by atoms with Gasteiger partial charge in [-0.05, 0) is 50.3 Å². The molecule has 0 amide bonds. The molecule has 0 unspecified atom stereocenters. The summed E-state index contributed by atoms with van der Waals surface area (Å²) in [5.74, 6) is 0. The van der Waals surface area contributed by atoms with Crippen molar-refractivity contribution in [2.24, 2.45) is 0 Å². The second kappa shape index (κ2) is 4.55. The lowest BCUT2D eigenvalue weighted by Gasteiger charge is -2.36.